The summed E-state index contributed by atoms with van der Waals surface area (Å²) < 4.78 is 5.21. The second-order valence-corrected chi connectivity index (χ2v) is 6.38. The molecule has 3 N–H and O–H groups in total. The highest BCUT2D eigenvalue weighted by Gasteiger charge is 2.25. The highest BCUT2D eigenvalue weighted by atomic mass is 16.6. The first kappa shape index (κ1) is 17.8. The topological polar surface area (TPSA) is 84.7 Å². The van der Waals surface area contributed by atoms with Crippen LogP contribution in [-0.2, 0) is 16.0 Å². The Bertz CT molecular complexity index is 518. The fraction of sp³-hybridized carbons (Fsp3) is 0.500. The molecule has 0 saturated carbocycles. The third kappa shape index (κ3) is 6.03. The van der Waals surface area contributed by atoms with Crippen LogP contribution in [0.2, 0.25) is 0 Å². The van der Waals surface area contributed by atoms with E-state index in [1.165, 1.54) is 4.90 Å². The molecule has 1 aromatic rings. The van der Waals surface area contributed by atoms with Gasteiger partial charge in [0.25, 0.3) is 0 Å². The monoisotopic (exact) mass is 307 g/mol. The molecule has 2 amide bonds. The molecule has 6 heteroatoms. The maximum absolute atomic E-state index is 12.2. The maximum Gasteiger partial charge on any atom is 0.408 e. The van der Waals surface area contributed by atoms with Gasteiger partial charge in [-0.25, -0.2) is 4.79 Å². The largest absolute Gasteiger partial charge is 0.444 e. The van der Waals surface area contributed by atoms with E-state index in [1.807, 2.05) is 12.1 Å². The standard InChI is InChI=1S/C16H25N3O3/c1-16(2,3)22-15(21)18-13(14(20)19(4)5)10-11-6-8-12(17)9-7-11/h6-9,13H,10,17H2,1-5H3,(H,18,21)/t13-/m0/s1. The van der Waals surface area contributed by atoms with Crippen molar-refractivity contribution < 1.29 is 14.3 Å². The summed E-state index contributed by atoms with van der Waals surface area (Å²) in [6.07, 6.45) is -0.237. The maximum atomic E-state index is 12.2. The van der Waals surface area contributed by atoms with Crippen LogP contribution in [0, 0.1) is 0 Å². The molecular weight excluding hydrogens is 282 g/mol. The smallest absolute Gasteiger partial charge is 0.408 e. The van der Waals surface area contributed by atoms with Crippen LogP contribution in [0.1, 0.15) is 26.3 Å². The van der Waals surface area contributed by atoms with Crippen molar-refractivity contribution in [3.05, 3.63) is 29.8 Å². The average molecular weight is 307 g/mol. The van der Waals surface area contributed by atoms with Crippen molar-refractivity contribution in [1.82, 2.24) is 10.2 Å². The summed E-state index contributed by atoms with van der Waals surface area (Å²) in [5.41, 5.74) is 6.60. The third-order valence-electron chi connectivity index (χ3n) is 2.85. The van der Waals surface area contributed by atoms with Crippen molar-refractivity contribution >= 4 is 17.7 Å². The van der Waals surface area contributed by atoms with Crippen molar-refractivity contribution in [2.75, 3.05) is 19.8 Å². The summed E-state index contributed by atoms with van der Waals surface area (Å²) in [5.74, 6) is -0.192. The quantitative estimate of drug-likeness (QED) is 0.831. The number of nitrogens with zero attached hydrogens (tertiary/aromatic N) is 1. The fourth-order valence-corrected chi connectivity index (χ4v) is 1.85. The molecule has 0 heterocycles. The lowest BCUT2D eigenvalue weighted by Crippen LogP contribution is -2.48. The van der Waals surface area contributed by atoms with Gasteiger partial charge in [-0.3, -0.25) is 4.79 Å². The Morgan fingerprint density at radius 3 is 2.23 bits per heavy atom. The Labute approximate surface area is 131 Å². The summed E-state index contributed by atoms with van der Waals surface area (Å²) in [7, 11) is 3.30. The highest BCUT2D eigenvalue weighted by Crippen LogP contribution is 2.11. The van der Waals surface area contributed by atoms with E-state index in [0.717, 1.165) is 5.56 Å². The average Bonchev–Trinajstić information content (AvgIpc) is 2.37. The number of carbonyl (C=O) groups excluding carboxylic acids is 2. The van der Waals surface area contributed by atoms with Gasteiger partial charge in [0.05, 0.1) is 0 Å². The van der Waals surface area contributed by atoms with Gasteiger partial charge in [-0.15, -0.1) is 0 Å². The van der Waals surface area contributed by atoms with Crippen molar-refractivity contribution in [3.8, 4) is 0 Å². The predicted molar refractivity (Wildman–Crippen MR) is 86.4 cm³/mol. The second kappa shape index (κ2) is 7.15. The summed E-state index contributed by atoms with van der Waals surface area (Å²) >= 11 is 0. The van der Waals surface area contributed by atoms with E-state index in [4.69, 9.17) is 10.5 Å². The number of hydrogen-bond acceptors (Lipinski definition) is 4. The number of benzene rings is 1. The first-order valence-corrected chi connectivity index (χ1v) is 7.13. The lowest BCUT2D eigenvalue weighted by molar-refractivity contribution is -0.130. The second-order valence-electron chi connectivity index (χ2n) is 6.38. The number of rotatable bonds is 4. The van der Waals surface area contributed by atoms with E-state index in [1.54, 1.807) is 47.0 Å². The molecule has 0 aliphatic heterocycles. The van der Waals surface area contributed by atoms with Gasteiger partial charge in [-0.05, 0) is 38.5 Å². The number of anilines is 1. The minimum absolute atomic E-state index is 0.192. The predicted octanol–water partition coefficient (Wildman–Crippen LogP) is 1.79. The summed E-state index contributed by atoms with van der Waals surface area (Å²) in [5, 5.41) is 2.63. The molecule has 0 unspecified atom stereocenters. The van der Waals surface area contributed by atoms with Crippen molar-refractivity contribution in [1.29, 1.82) is 0 Å². The van der Waals surface area contributed by atoms with Crippen LogP contribution in [0.3, 0.4) is 0 Å². The van der Waals surface area contributed by atoms with Gasteiger partial charge >= 0.3 is 6.09 Å². The molecule has 0 saturated heterocycles. The number of alkyl carbamates (subject to hydrolysis) is 1. The van der Waals surface area contributed by atoms with E-state index >= 15 is 0 Å². The first-order chi connectivity index (χ1) is 10.1. The molecule has 0 bridgehead atoms. The molecular formula is C16H25N3O3. The Balaban J connectivity index is 2.82. The van der Waals surface area contributed by atoms with Gasteiger partial charge < -0.3 is 20.7 Å². The molecule has 0 aliphatic carbocycles. The molecule has 0 aromatic heterocycles. The Kier molecular flexibility index (Phi) is 5.79. The lowest BCUT2D eigenvalue weighted by atomic mass is 10.0. The molecule has 1 atom stereocenters. The van der Waals surface area contributed by atoms with Crippen LogP contribution < -0.4 is 11.1 Å². The zero-order valence-corrected chi connectivity index (χ0v) is 13.8. The van der Waals surface area contributed by atoms with Crippen molar-refractivity contribution in [2.45, 2.75) is 38.8 Å². The van der Waals surface area contributed by atoms with E-state index in [0.29, 0.717) is 12.1 Å². The number of hydrogen-bond donors (Lipinski definition) is 2. The molecule has 0 radical (unpaired) electrons. The number of nitrogens with one attached hydrogen (secondary N) is 1. The zero-order chi connectivity index (χ0) is 16.9. The molecule has 1 aromatic carbocycles. The fourth-order valence-electron chi connectivity index (χ4n) is 1.85. The molecule has 0 spiro atoms. The zero-order valence-electron chi connectivity index (χ0n) is 13.8. The van der Waals surface area contributed by atoms with Crippen LogP contribution >= 0.6 is 0 Å². The number of nitrogen functional groups attached to an aromatic ring is 1. The van der Waals surface area contributed by atoms with Gasteiger partial charge in [-0.2, -0.15) is 0 Å². The van der Waals surface area contributed by atoms with Crippen LogP contribution in [-0.4, -0.2) is 42.6 Å². The van der Waals surface area contributed by atoms with Gasteiger partial charge in [0.1, 0.15) is 11.6 Å². The number of likely N-dealkylation sites (N-methyl/N-ethyl adjacent to an activating group) is 1. The van der Waals surface area contributed by atoms with E-state index in [-0.39, 0.29) is 5.91 Å². The number of carbonyl (C=O) groups is 2. The lowest BCUT2D eigenvalue weighted by Gasteiger charge is -2.25. The van der Waals surface area contributed by atoms with Gasteiger partial charge in [0.2, 0.25) is 5.91 Å². The molecule has 1 rings (SSSR count). The number of amides is 2. The highest BCUT2D eigenvalue weighted by molar-refractivity contribution is 5.85. The molecule has 6 nitrogen and oxygen atoms in total. The molecule has 0 fully saturated rings. The minimum atomic E-state index is -0.687. The number of nitrogens with two attached hydrogens (primary N) is 1. The van der Waals surface area contributed by atoms with Crippen LogP contribution in [0.4, 0.5) is 10.5 Å². The Morgan fingerprint density at radius 2 is 1.77 bits per heavy atom. The molecule has 122 valence electrons. The van der Waals surface area contributed by atoms with Crippen LogP contribution in [0.15, 0.2) is 24.3 Å². The molecule has 0 aliphatic rings. The van der Waals surface area contributed by atoms with Crippen molar-refractivity contribution in [2.24, 2.45) is 0 Å². The summed E-state index contributed by atoms with van der Waals surface area (Å²) in [4.78, 5) is 25.6. The summed E-state index contributed by atoms with van der Waals surface area (Å²) in [6, 6.07) is 6.51. The van der Waals surface area contributed by atoms with E-state index in [2.05, 4.69) is 5.32 Å². The van der Waals surface area contributed by atoms with Gasteiger partial charge in [0.15, 0.2) is 0 Å². The minimum Gasteiger partial charge on any atom is -0.444 e. The SMILES string of the molecule is CN(C)C(=O)[C@H](Cc1ccc(N)cc1)NC(=O)OC(C)(C)C. The Hall–Kier alpha value is -2.24. The van der Waals surface area contributed by atoms with Crippen LogP contribution in [0.25, 0.3) is 0 Å². The first-order valence-electron chi connectivity index (χ1n) is 7.13. The van der Waals surface area contributed by atoms with Gasteiger partial charge in [0, 0.05) is 26.2 Å². The van der Waals surface area contributed by atoms with Gasteiger partial charge in [-0.1, -0.05) is 12.1 Å². The third-order valence-corrected chi connectivity index (χ3v) is 2.85. The van der Waals surface area contributed by atoms with Crippen LogP contribution in [0.5, 0.6) is 0 Å². The van der Waals surface area contributed by atoms with E-state index in [9.17, 15) is 9.59 Å². The van der Waals surface area contributed by atoms with Crippen molar-refractivity contribution in [3.63, 3.8) is 0 Å². The normalized spacial score (nSPS) is 12.4. The summed E-state index contributed by atoms with van der Waals surface area (Å²) in [6.45, 7) is 5.32. The number of ether oxygens (including phenoxy) is 1. The molecule has 22 heavy (non-hydrogen) atoms. The Morgan fingerprint density at radius 1 is 1.23 bits per heavy atom. The van der Waals surface area contributed by atoms with E-state index < -0.39 is 17.7 Å².